The second-order valence-electron chi connectivity index (χ2n) is 7.42. The van der Waals surface area contributed by atoms with Crippen LogP contribution in [0, 0.1) is 5.92 Å². The molecule has 1 saturated heterocycles. The zero-order valence-electron chi connectivity index (χ0n) is 17.0. The third-order valence-electron chi connectivity index (χ3n) is 4.07. The van der Waals surface area contributed by atoms with Crippen LogP contribution in [0.15, 0.2) is 4.99 Å². The quantitative estimate of drug-likeness (QED) is 0.451. The van der Waals surface area contributed by atoms with Gasteiger partial charge in [-0.25, -0.2) is 4.79 Å². The van der Waals surface area contributed by atoms with Crippen LogP contribution in [0.2, 0.25) is 0 Å². The molecule has 0 aromatic rings. The standard InChI is InChI=1S/C18H34N4O4/c1-7-19-16(22-11-8-14(9-12-22)15(23)25-6)20-10-13-21(5)17(24)26-18(2,3)4/h14H,7-13H2,1-6H3,(H,19,20). The van der Waals surface area contributed by atoms with Crippen molar-refractivity contribution in [1.29, 1.82) is 0 Å². The lowest BCUT2D eigenvalue weighted by molar-refractivity contribution is -0.146. The molecule has 1 aliphatic rings. The van der Waals surface area contributed by atoms with Gasteiger partial charge in [0, 0.05) is 33.2 Å². The lowest BCUT2D eigenvalue weighted by Crippen LogP contribution is -2.47. The van der Waals surface area contributed by atoms with E-state index < -0.39 is 5.60 Å². The summed E-state index contributed by atoms with van der Waals surface area (Å²) in [7, 11) is 3.14. The molecule has 0 saturated carbocycles. The molecule has 0 aromatic heterocycles. The highest BCUT2D eigenvalue weighted by molar-refractivity contribution is 5.80. The van der Waals surface area contributed by atoms with Crippen molar-refractivity contribution >= 4 is 18.0 Å². The number of methoxy groups -OCH3 is 1. The summed E-state index contributed by atoms with van der Waals surface area (Å²) in [6.45, 7) is 10.8. The fourth-order valence-corrected chi connectivity index (χ4v) is 2.66. The van der Waals surface area contributed by atoms with Gasteiger partial charge >= 0.3 is 12.1 Å². The third kappa shape index (κ3) is 7.49. The first-order valence-corrected chi connectivity index (χ1v) is 9.23. The van der Waals surface area contributed by atoms with Crippen LogP contribution in [0.1, 0.15) is 40.5 Å². The van der Waals surface area contributed by atoms with Gasteiger partial charge in [0.15, 0.2) is 5.96 Å². The SMILES string of the molecule is CCNC(=NCCN(C)C(=O)OC(C)(C)C)N1CCC(C(=O)OC)CC1. The first-order chi connectivity index (χ1) is 12.2. The van der Waals surface area contributed by atoms with Crippen LogP contribution < -0.4 is 5.32 Å². The van der Waals surface area contributed by atoms with E-state index in [4.69, 9.17) is 9.47 Å². The van der Waals surface area contributed by atoms with Gasteiger partial charge in [0.1, 0.15) is 5.60 Å². The summed E-state index contributed by atoms with van der Waals surface area (Å²) in [4.78, 5) is 31.9. The molecule has 8 nitrogen and oxygen atoms in total. The minimum Gasteiger partial charge on any atom is -0.469 e. The summed E-state index contributed by atoms with van der Waals surface area (Å²) < 4.78 is 10.2. The highest BCUT2D eigenvalue weighted by atomic mass is 16.6. The fourth-order valence-electron chi connectivity index (χ4n) is 2.66. The monoisotopic (exact) mass is 370 g/mol. The van der Waals surface area contributed by atoms with E-state index in [1.54, 1.807) is 7.05 Å². The smallest absolute Gasteiger partial charge is 0.410 e. The molecule has 8 heteroatoms. The Labute approximate surface area is 156 Å². The Morgan fingerprint density at radius 2 is 1.88 bits per heavy atom. The molecule has 0 unspecified atom stereocenters. The van der Waals surface area contributed by atoms with Gasteiger partial charge in [0.25, 0.3) is 0 Å². The number of guanidine groups is 1. The first-order valence-electron chi connectivity index (χ1n) is 9.23. The van der Waals surface area contributed by atoms with Gasteiger partial charge in [-0.1, -0.05) is 0 Å². The number of hydrogen-bond donors (Lipinski definition) is 1. The molecule has 1 rings (SSSR count). The normalized spacial score (nSPS) is 16.2. The van der Waals surface area contributed by atoms with Crippen molar-refractivity contribution in [3.63, 3.8) is 0 Å². The number of ether oxygens (including phenoxy) is 2. The van der Waals surface area contributed by atoms with Gasteiger partial charge < -0.3 is 24.6 Å². The molecule has 26 heavy (non-hydrogen) atoms. The molecule has 1 fully saturated rings. The summed E-state index contributed by atoms with van der Waals surface area (Å²) in [5.74, 6) is 0.649. The van der Waals surface area contributed by atoms with E-state index in [1.165, 1.54) is 12.0 Å². The van der Waals surface area contributed by atoms with Gasteiger partial charge in [-0.2, -0.15) is 0 Å². The minimum atomic E-state index is -0.506. The molecular weight excluding hydrogens is 336 g/mol. The molecule has 1 amide bonds. The Morgan fingerprint density at radius 1 is 1.27 bits per heavy atom. The van der Waals surface area contributed by atoms with E-state index in [9.17, 15) is 9.59 Å². The Hall–Kier alpha value is -1.99. The molecule has 150 valence electrons. The van der Waals surface area contributed by atoms with E-state index >= 15 is 0 Å². The second kappa shape index (κ2) is 10.2. The van der Waals surface area contributed by atoms with E-state index in [1.807, 2.05) is 27.7 Å². The van der Waals surface area contributed by atoms with E-state index in [0.717, 1.165) is 38.4 Å². The molecule has 0 aliphatic carbocycles. The predicted octanol–water partition coefficient (Wildman–Crippen LogP) is 1.70. The van der Waals surface area contributed by atoms with Crippen molar-refractivity contribution in [2.75, 3.05) is 46.9 Å². The molecule has 0 spiro atoms. The summed E-state index contributed by atoms with van der Waals surface area (Å²) in [6, 6.07) is 0. The fraction of sp³-hybridized carbons (Fsp3) is 0.833. The van der Waals surface area contributed by atoms with Crippen molar-refractivity contribution < 1.29 is 19.1 Å². The third-order valence-corrected chi connectivity index (χ3v) is 4.07. The summed E-state index contributed by atoms with van der Waals surface area (Å²) >= 11 is 0. The lowest BCUT2D eigenvalue weighted by atomic mass is 9.97. The summed E-state index contributed by atoms with van der Waals surface area (Å²) in [6.07, 6.45) is 1.17. The highest BCUT2D eigenvalue weighted by Crippen LogP contribution is 2.18. The topological polar surface area (TPSA) is 83.5 Å². The summed E-state index contributed by atoms with van der Waals surface area (Å²) in [5, 5.41) is 3.28. The number of hydrogen-bond acceptors (Lipinski definition) is 5. The number of esters is 1. The van der Waals surface area contributed by atoms with Crippen molar-refractivity contribution in [2.45, 2.75) is 46.1 Å². The predicted molar refractivity (Wildman–Crippen MR) is 101 cm³/mol. The zero-order valence-corrected chi connectivity index (χ0v) is 17.0. The number of rotatable bonds is 5. The maximum atomic E-state index is 12.0. The molecule has 0 atom stereocenters. The summed E-state index contributed by atoms with van der Waals surface area (Å²) in [5.41, 5.74) is -0.506. The zero-order chi connectivity index (χ0) is 19.7. The van der Waals surface area contributed by atoms with Crippen molar-refractivity contribution in [3.8, 4) is 0 Å². The Kier molecular flexibility index (Phi) is 8.68. The second-order valence-corrected chi connectivity index (χ2v) is 7.42. The van der Waals surface area contributed by atoms with Crippen molar-refractivity contribution in [1.82, 2.24) is 15.1 Å². The maximum absolute atomic E-state index is 12.0. The van der Waals surface area contributed by atoms with Gasteiger partial charge in [0.05, 0.1) is 19.6 Å². The molecule has 0 bridgehead atoms. The molecule has 1 N–H and O–H groups in total. The number of nitrogens with zero attached hydrogens (tertiary/aromatic N) is 3. The lowest BCUT2D eigenvalue weighted by Gasteiger charge is -2.33. The molecule has 0 radical (unpaired) electrons. The molecule has 0 aromatic carbocycles. The number of likely N-dealkylation sites (N-methyl/N-ethyl adjacent to an activating group) is 1. The Balaban J connectivity index is 2.54. The number of amides is 1. The van der Waals surface area contributed by atoms with Crippen LogP contribution in [0.25, 0.3) is 0 Å². The highest BCUT2D eigenvalue weighted by Gasteiger charge is 2.27. The maximum Gasteiger partial charge on any atom is 0.410 e. The molecule has 1 aliphatic heterocycles. The Morgan fingerprint density at radius 3 is 2.38 bits per heavy atom. The molecular formula is C18H34N4O4. The van der Waals surface area contributed by atoms with Crippen LogP contribution in [0.3, 0.4) is 0 Å². The van der Waals surface area contributed by atoms with Crippen molar-refractivity contribution in [3.05, 3.63) is 0 Å². The molecule has 1 heterocycles. The number of likely N-dealkylation sites (tertiary alicyclic amines) is 1. The van der Waals surface area contributed by atoms with Crippen LogP contribution in [0.4, 0.5) is 4.79 Å². The van der Waals surface area contributed by atoms with Gasteiger partial charge in [0.2, 0.25) is 0 Å². The van der Waals surface area contributed by atoms with E-state index in [0.29, 0.717) is 13.1 Å². The van der Waals surface area contributed by atoms with Crippen LogP contribution in [-0.2, 0) is 14.3 Å². The first kappa shape index (κ1) is 22.1. The number of carbonyl (C=O) groups excluding carboxylic acids is 2. The van der Waals surface area contributed by atoms with Crippen LogP contribution in [-0.4, -0.2) is 80.3 Å². The van der Waals surface area contributed by atoms with Gasteiger partial charge in [-0.3, -0.25) is 9.79 Å². The van der Waals surface area contributed by atoms with Crippen LogP contribution in [0.5, 0.6) is 0 Å². The van der Waals surface area contributed by atoms with Gasteiger partial charge in [-0.15, -0.1) is 0 Å². The minimum absolute atomic E-state index is 0.0302. The number of carbonyl (C=O) groups is 2. The number of nitrogens with one attached hydrogen (secondary N) is 1. The largest absolute Gasteiger partial charge is 0.469 e. The number of aliphatic imine (C=N–C) groups is 1. The average Bonchev–Trinajstić information content (AvgIpc) is 2.58. The van der Waals surface area contributed by atoms with Gasteiger partial charge in [-0.05, 0) is 40.5 Å². The van der Waals surface area contributed by atoms with Crippen molar-refractivity contribution in [2.24, 2.45) is 10.9 Å². The van der Waals surface area contributed by atoms with E-state index in [2.05, 4.69) is 15.2 Å². The van der Waals surface area contributed by atoms with E-state index in [-0.39, 0.29) is 18.0 Å². The average molecular weight is 370 g/mol. The Bertz CT molecular complexity index is 494. The number of piperidine rings is 1. The van der Waals surface area contributed by atoms with Crippen LogP contribution >= 0.6 is 0 Å².